The molecular formula is C26H37NO5. The van der Waals surface area contributed by atoms with Crippen LogP contribution >= 0.6 is 0 Å². The zero-order valence-electron chi connectivity index (χ0n) is 19.7. The summed E-state index contributed by atoms with van der Waals surface area (Å²) in [5.41, 5.74) is 1.27. The van der Waals surface area contributed by atoms with Gasteiger partial charge in [0.05, 0.1) is 26.9 Å². The Hall–Kier alpha value is -2.15. The molecule has 2 aromatic rings. The van der Waals surface area contributed by atoms with Gasteiger partial charge in [0, 0.05) is 12.3 Å². The molecule has 6 heteroatoms. The maximum Gasteiger partial charge on any atom is 0.305 e. The molecule has 1 aliphatic rings. The SMILES string of the molecule is CCOC(=O)CCCN(CC)CCCC1OCC(c2cccc3cc(OC)ccc23)CO1. The number of hydrogen-bond donors (Lipinski definition) is 0. The molecular weight excluding hydrogens is 406 g/mol. The zero-order valence-corrected chi connectivity index (χ0v) is 19.7. The van der Waals surface area contributed by atoms with Crippen molar-refractivity contribution in [2.45, 2.75) is 51.7 Å². The van der Waals surface area contributed by atoms with Crippen LogP contribution in [0.5, 0.6) is 5.75 Å². The lowest BCUT2D eigenvalue weighted by molar-refractivity contribution is -0.190. The van der Waals surface area contributed by atoms with E-state index >= 15 is 0 Å². The topological polar surface area (TPSA) is 57.2 Å². The highest BCUT2D eigenvalue weighted by Crippen LogP contribution is 2.31. The maximum absolute atomic E-state index is 11.5. The number of fused-ring (bicyclic) bond motifs is 1. The Balaban J connectivity index is 1.41. The van der Waals surface area contributed by atoms with E-state index in [0.29, 0.717) is 26.2 Å². The fraction of sp³-hybridized carbons (Fsp3) is 0.577. The molecule has 0 saturated carbocycles. The van der Waals surface area contributed by atoms with Crippen LogP contribution in [0, 0.1) is 0 Å². The smallest absolute Gasteiger partial charge is 0.305 e. The molecule has 2 aromatic carbocycles. The average molecular weight is 444 g/mol. The molecule has 176 valence electrons. The van der Waals surface area contributed by atoms with Crippen molar-refractivity contribution < 1.29 is 23.7 Å². The first-order chi connectivity index (χ1) is 15.6. The minimum absolute atomic E-state index is 0.104. The van der Waals surface area contributed by atoms with E-state index in [2.05, 4.69) is 42.2 Å². The third-order valence-corrected chi connectivity index (χ3v) is 6.05. The van der Waals surface area contributed by atoms with E-state index in [0.717, 1.165) is 44.6 Å². The highest BCUT2D eigenvalue weighted by molar-refractivity contribution is 5.87. The zero-order chi connectivity index (χ0) is 22.8. The summed E-state index contributed by atoms with van der Waals surface area (Å²) in [6.07, 6.45) is 3.08. The summed E-state index contributed by atoms with van der Waals surface area (Å²) in [7, 11) is 1.69. The third kappa shape index (κ3) is 6.92. The van der Waals surface area contributed by atoms with Gasteiger partial charge in [0.25, 0.3) is 0 Å². The molecule has 0 radical (unpaired) electrons. The van der Waals surface area contributed by atoms with Crippen LogP contribution in [0.4, 0.5) is 0 Å². The first-order valence-electron chi connectivity index (χ1n) is 11.8. The number of hydrogen-bond acceptors (Lipinski definition) is 6. The molecule has 0 atom stereocenters. The van der Waals surface area contributed by atoms with Gasteiger partial charge >= 0.3 is 5.97 Å². The molecule has 3 rings (SSSR count). The highest BCUT2D eigenvalue weighted by atomic mass is 16.7. The van der Waals surface area contributed by atoms with Gasteiger partial charge in [0.2, 0.25) is 0 Å². The van der Waals surface area contributed by atoms with E-state index in [1.54, 1.807) is 7.11 Å². The van der Waals surface area contributed by atoms with Crippen molar-refractivity contribution >= 4 is 16.7 Å². The number of rotatable bonds is 12. The quantitative estimate of drug-likeness (QED) is 0.441. The van der Waals surface area contributed by atoms with Gasteiger partial charge in [-0.1, -0.05) is 31.2 Å². The van der Waals surface area contributed by atoms with Gasteiger partial charge in [-0.3, -0.25) is 4.79 Å². The second-order valence-corrected chi connectivity index (χ2v) is 8.21. The first kappa shape index (κ1) is 24.5. The number of nitrogens with zero attached hydrogens (tertiary/aromatic N) is 1. The Bertz CT molecular complexity index is 847. The molecule has 0 spiro atoms. The molecule has 0 unspecified atom stereocenters. The van der Waals surface area contributed by atoms with E-state index in [4.69, 9.17) is 18.9 Å². The molecule has 6 nitrogen and oxygen atoms in total. The monoisotopic (exact) mass is 443 g/mol. The van der Waals surface area contributed by atoms with Crippen molar-refractivity contribution in [1.29, 1.82) is 0 Å². The summed E-state index contributed by atoms with van der Waals surface area (Å²) in [5, 5.41) is 2.40. The predicted molar refractivity (Wildman–Crippen MR) is 126 cm³/mol. The number of ether oxygens (including phenoxy) is 4. The molecule has 0 aliphatic carbocycles. The summed E-state index contributed by atoms with van der Waals surface area (Å²) in [6, 6.07) is 12.6. The summed E-state index contributed by atoms with van der Waals surface area (Å²) < 4.78 is 22.5. The van der Waals surface area contributed by atoms with Gasteiger partial charge in [-0.15, -0.1) is 0 Å². The summed E-state index contributed by atoms with van der Waals surface area (Å²) in [5.74, 6) is 0.999. The van der Waals surface area contributed by atoms with Crippen LogP contribution in [0.1, 0.15) is 51.0 Å². The molecule has 1 saturated heterocycles. The van der Waals surface area contributed by atoms with Crippen LogP contribution < -0.4 is 4.74 Å². The average Bonchev–Trinajstić information content (AvgIpc) is 2.83. The lowest BCUT2D eigenvalue weighted by Gasteiger charge is -2.31. The van der Waals surface area contributed by atoms with Gasteiger partial charge in [-0.25, -0.2) is 0 Å². The van der Waals surface area contributed by atoms with Crippen molar-refractivity contribution in [3.63, 3.8) is 0 Å². The van der Waals surface area contributed by atoms with E-state index < -0.39 is 0 Å². The van der Waals surface area contributed by atoms with Crippen LogP contribution in [-0.2, 0) is 19.0 Å². The van der Waals surface area contributed by atoms with Gasteiger partial charge in [-0.05, 0) is 74.3 Å². The minimum Gasteiger partial charge on any atom is -0.497 e. The van der Waals surface area contributed by atoms with Crippen molar-refractivity contribution in [1.82, 2.24) is 4.90 Å². The van der Waals surface area contributed by atoms with Crippen LogP contribution in [0.2, 0.25) is 0 Å². The Morgan fingerprint density at radius 3 is 2.59 bits per heavy atom. The standard InChI is InChI=1S/C26H37NO5/c1-4-27(15-7-11-25(28)30-5-2)16-8-12-26-31-18-21(19-32-26)23-10-6-9-20-17-22(29-3)13-14-24(20)23/h6,9-10,13-14,17,21,26H,4-5,7-8,11-12,15-16,18-19H2,1-3H3. The Morgan fingerprint density at radius 1 is 1.09 bits per heavy atom. The largest absolute Gasteiger partial charge is 0.497 e. The second kappa shape index (κ2) is 12.8. The number of carbonyl (C=O) groups is 1. The molecule has 1 heterocycles. The number of esters is 1. The predicted octanol–water partition coefficient (Wildman–Crippen LogP) is 4.75. The first-order valence-corrected chi connectivity index (χ1v) is 11.8. The number of benzene rings is 2. The fourth-order valence-corrected chi connectivity index (χ4v) is 4.25. The Labute approximate surface area is 191 Å². The number of carbonyl (C=O) groups excluding carboxylic acids is 1. The lowest BCUT2D eigenvalue weighted by Crippen LogP contribution is -2.32. The minimum atomic E-state index is -0.139. The molecule has 0 N–H and O–H groups in total. The van der Waals surface area contributed by atoms with Gasteiger partial charge in [-0.2, -0.15) is 0 Å². The van der Waals surface area contributed by atoms with Crippen LogP contribution in [0.25, 0.3) is 10.8 Å². The molecule has 1 fully saturated rings. The molecule has 0 aromatic heterocycles. The fourth-order valence-electron chi connectivity index (χ4n) is 4.25. The molecule has 0 amide bonds. The van der Waals surface area contributed by atoms with Crippen molar-refractivity contribution in [2.24, 2.45) is 0 Å². The highest BCUT2D eigenvalue weighted by Gasteiger charge is 2.24. The van der Waals surface area contributed by atoms with Crippen molar-refractivity contribution in [2.75, 3.05) is 46.6 Å². The summed E-state index contributed by atoms with van der Waals surface area (Å²) in [6.45, 7) is 8.67. The van der Waals surface area contributed by atoms with Crippen molar-refractivity contribution in [3.8, 4) is 5.75 Å². The van der Waals surface area contributed by atoms with E-state index in [1.807, 2.05) is 13.0 Å². The van der Waals surface area contributed by atoms with Gasteiger partial charge in [0.1, 0.15) is 5.75 Å². The van der Waals surface area contributed by atoms with Crippen LogP contribution in [0.15, 0.2) is 36.4 Å². The maximum atomic E-state index is 11.5. The van der Waals surface area contributed by atoms with Crippen LogP contribution in [0.3, 0.4) is 0 Å². The lowest BCUT2D eigenvalue weighted by atomic mass is 9.94. The third-order valence-electron chi connectivity index (χ3n) is 6.05. The second-order valence-electron chi connectivity index (χ2n) is 8.21. The Kier molecular flexibility index (Phi) is 9.78. The Morgan fingerprint density at radius 2 is 1.88 bits per heavy atom. The number of methoxy groups -OCH3 is 1. The summed E-state index contributed by atoms with van der Waals surface area (Å²) in [4.78, 5) is 13.9. The van der Waals surface area contributed by atoms with Gasteiger partial charge < -0.3 is 23.8 Å². The molecule has 1 aliphatic heterocycles. The molecule has 32 heavy (non-hydrogen) atoms. The van der Waals surface area contributed by atoms with Crippen LogP contribution in [-0.4, -0.2) is 63.7 Å². The van der Waals surface area contributed by atoms with E-state index in [1.165, 1.54) is 16.3 Å². The molecule has 0 bridgehead atoms. The van der Waals surface area contributed by atoms with Crippen molar-refractivity contribution in [3.05, 3.63) is 42.0 Å². The van der Waals surface area contributed by atoms with Gasteiger partial charge in [0.15, 0.2) is 6.29 Å². The summed E-state index contributed by atoms with van der Waals surface area (Å²) >= 11 is 0. The van der Waals surface area contributed by atoms with E-state index in [9.17, 15) is 4.79 Å². The normalized spacial score (nSPS) is 18.8. The van der Waals surface area contributed by atoms with E-state index in [-0.39, 0.29) is 18.2 Å².